The zero-order valence-electron chi connectivity index (χ0n) is 11.0. The van der Waals surface area contributed by atoms with E-state index in [1.54, 1.807) is 30.5 Å². The van der Waals surface area contributed by atoms with Gasteiger partial charge in [-0.1, -0.05) is 0 Å². The topological polar surface area (TPSA) is 93.6 Å². The predicted octanol–water partition coefficient (Wildman–Crippen LogP) is 2.25. The highest BCUT2D eigenvalue weighted by Gasteiger charge is 2.12. The smallest absolute Gasteiger partial charge is 0.410 e. The van der Waals surface area contributed by atoms with Gasteiger partial charge in [-0.2, -0.15) is 4.98 Å². The summed E-state index contributed by atoms with van der Waals surface area (Å²) in [4.78, 5) is 18.9. The van der Waals surface area contributed by atoms with Gasteiger partial charge in [-0.05, 0) is 17.7 Å². The van der Waals surface area contributed by atoms with E-state index in [0.717, 1.165) is 5.56 Å². The molecule has 2 heterocycles. The third-order valence-electron chi connectivity index (χ3n) is 2.56. The molecule has 2 N–H and O–H groups in total. The van der Waals surface area contributed by atoms with Gasteiger partial charge in [-0.15, -0.1) is 0 Å². The number of methoxy groups -OCH3 is 2. The normalized spacial score (nSPS) is 9.90. The van der Waals surface area contributed by atoms with E-state index in [1.807, 2.05) is 0 Å². The molecule has 2 aromatic heterocycles. The quantitative estimate of drug-likeness (QED) is 0.888. The van der Waals surface area contributed by atoms with Crippen molar-refractivity contribution in [3.8, 4) is 22.9 Å². The van der Waals surface area contributed by atoms with Crippen molar-refractivity contribution in [2.24, 2.45) is 0 Å². The van der Waals surface area contributed by atoms with Crippen LogP contribution < -0.4 is 14.8 Å². The maximum absolute atomic E-state index is 10.8. The van der Waals surface area contributed by atoms with Gasteiger partial charge in [0.1, 0.15) is 5.82 Å². The number of hydrogen-bond donors (Lipinski definition) is 2. The van der Waals surface area contributed by atoms with E-state index in [0.29, 0.717) is 17.3 Å². The zero-order valence-corrected chi connectivity index (χ0v) is 11.0. The summed E-state index contributed by atoms with van der Waals surface area (Å²) in [5, 5.41) is 11.1. The lowest BCUT2D eigenvalue weighted by atomic mass is 10.1. The molecule has 0 fully saturated rings. The minimum absolute atomic E-state index is 0.185. The molecule has 0 saturated heterocycles. The molecule has 0 saturated carbocycles. The third kappa shape index (κ3) is 2.94. The highest BCUT2D eigenvalue weighted by atomic mass is 16.5. The van der Waals surface area contributed by atoms with Gasteiger partial charge in [0.15, 0.2) is 0 Å². The number of nitrogens with zero attached hydrogens (tertiary/aromatic N) is 2. The molecule has 20 heavy (non-hydrogen) atoms. The largest absolute Gasteiger partial charge is 0.481 e. The molecule has 7 heteroatoms. The molecular weight excluding hydrogens is 262 g/mol. The molecule has 0 atom stereocenters. The lowest BCUT2D eigenvalue weighted by Gasteiger charge is -2.10. The molecule has 0 aliphatic heterocycles. The maximum Gasteiger partial charge on any atom is 0.410 e. The third-order valence-corrected chi connectivity index (χ3v) is 2.56. The van der Waals surface area contributed by atoms with E-state index >= 15 is 0 Å². The van der Waals surface area contributed by atoms with Gasteiger partial charge >= 0.3 is 6.09 Å². The fourth-order valence-corrected chi connectivity index (χ4v) is 1.67. The molecule has 2 aromatic rings. The van der Waals surface area contributed by atoms with Crippen LogP contribution in [0.5, 0.6) is 11.8 Å². The molecule has 0 bridgehead atoms. The van der Waals surface area contributed by atoms with E-state index in [4.69, 9.17) is 14.6 Å². The number of ether oxygens (including phenoxy) is 2. The van der Waals surface area contributed by atoms with Crippen molar-refractivity contribution in [3.63, 3.8) is 0 Å². The van der Waals surface area contributed by atoms with Crippen molar-refractivity contribution in [2.45, 2.75) is 0 Å². The Kier molecular flexibility index (Phi) is 3.99. The number of carbonyl (C=O) groups is 1. The number of nitrogens with one attached hydrogen (secondary N) is 1. The van der Waals surface area contributed by atoms with Crippen LogP contribution in [0.3, 0.4) is 0 Å². The fourth-order valence-electron chi connectivity index (χ4n) is 1.67. The average molecular weight is 275 g/mol. The van der Waals surface area contributed by atoms with Crippen LogP contribution in [0, 0.1) is 0 Å². The predicted molar refractivity (Wildman–Crippen MR) is 72.2 cm³/mol. The minimum atomic E-state index is -1.20. The number of rotatable bonds is 4. The second kappa shape index (κ2) is 5.87. The molecule has 1 amide bonds. The molecule has 0 unspecified atom stereocenters. The molecular formula is C13H13N3O4. The first-order valence-corrected chi connectivity index (χ1v) is 5.69. The van der Waals surface area contributed by atoms with Crippen LogP contribution in [0.1, 0.15) is 0 Å². The lowest BCUT2D eigenvalue weighted by molar-refractivity contribution is 0.209. The van der Waals surface area contributed by atoms with E-state index < -0.39 is 6.09 Å². The van der Waals surface area contributed by atoms with Crippen molar-refractivity contribution >= 4 is 11.9 Å². The minimum Gasteiger partial charge on any atom is -0.481 e. The number of amides is 1. The van der Waals surface area contributed by atoms with Crippen LogP contribution in [0.2, 0.25) is 0 Å². The lowest BCUT2D eigenvalue weighted by Crippen LogP contribution is -2.10. The van der Waals surface area contributed by atoms with Crippen LogP contribution in [0.4, 0.5) is 10.6 Å². The second-order valence-corrected chi connectivity index (χ2v) is 3.77. The van der Waals surface area contributed by atoms with Crippen molar-refractivity contribution in [2.75, 3.05) is 19.5 Å². The van der Waals surface area contributed by atoms with E-state index in [9.17, 15) is 4.79 Å². The van der Waals surface area contributed by atoms with Crippen LogP contribution in [0.15, 0.2) is 30.5 Å². The van der Waals surface area contributed by atoms with E-state index in [-0.39, 0.29) is 5.82 Å². The molecule has 0 spiro atoms. The first-order chi connectivity index (χ1) is 9.63. The molecule has 2 rings (SSSR count). The van der Waals surface area contributed by atoms with Crippen LogP contribution in [-0.2, 0) is 0 Å². The molecule has 0 aliphatic rings. The standard InChI is InChI=1S/C13H13N3O4/c1-19-10-4-3-9(12(15-10)16-13(17)18)8-5-6-14-11(7-8)20-2/h3-7H,1-2H3,(H,15,16)(H,17,18). The molecule has 0 aromatic carbocycles. The van der Waals surface area contributed by atoms with Crippen LogP contribution >= 0.6 is 0 Å². The number of carboxylic acid groups (broad SMARTS) is 1. The number of pyridine rings is 2. The summed E-state index contributed by atoms with van der Waals surface area (Å²) in [7, 11) is 2.97. The summed E-state index contributed by atoms with van der Waals surface area (Å²) in [6.45, 7) is 0. The van der Waals surface area contributed by atoms with Crippen molar-refractivity contribution < 1.29 is 19.4 Å². The number of aromatic nitrogens is 2. The second-order valence-electron chi connectivity index (χ2n) is 3.77. The molecule has 0 radical (unpaired) electrons. The average Bonchev–Trinajstić information content (AvgIpc) is 2.46. The maximum atomic E-state index is 10.8. The summed E-state index contributed by atoms with van der Waals surface area (Å²) >= 11 is 0. The highest BCUT2D eigenvalue weighted by Crippen LogP contribution is 2.29. The van der Waals surface area contributed by atoms with Crippen molar-refractivity contribution in [1.82, 2.24) is 9.97 Å². The van der Waals surface area contributed by atoms with Crippen molar-refractivity contribution in [3.05, 3.63) is 30.5 Å². The fraction of sp³-hybridized carbons (Fsp3) is 0.154. The molecule has 104 valence electrons. The number of hydrogen-bond acceptors (Lipinski definition) is 5. The van der Waals surface area contributed by atoms with E-state index in [2.05, 4.69) is 15.3 Å². The molecule has 7 nitrogen and oxygen atoms in total. The first-order valence-electron chi connectivity index (χ1n) is 5.69. The first kappa shape index (κ1) is 13.6. The van der Waals surface area contributed by atoms with Gasteiger partial charge in [-0.3, -0.25) is 5.32 Å². The van der Waals surface area contributed by atoms with Gasteiger partial charge < -0.3 is 14.6 Å². The Hall–Kier alpha value is -2.83. The number of anilines is 1. The van der Waals surface area contributed by atoms with Gasteiger partial charge in [0.2, 0.25) is 11.8 Å². The molecule has 0 aliphatic carbocycles. The monoisotopic (exact) mass is 275 g/mol. The van der Waals surface area contributed by atoms with Crippen LogP contribution in [-0.4, -0.2) is 35.4 Å². The Bertz CT molecular complexity index is 631. The van der Waals surface area contributed by atoms with Gasteiger partial charge in [0.05, 0.1) is 14.2 Å². The van der Waals surface area contributed by atoms with Gasteiger partial charge in [0.25, 0.3) is 0 Å². The van der Waals surface area contributed by atoms with Gasteiger partial charge in [0, 0.05) is 23.9 Å². The van der Waals surface area contributed by atoms with Crippen molar-refractivity contribution in [1.29, 1.82) is 0 Å². The Balaban J connectivity index is 2.50. The Morgan fingerprint density at radius 2 is 1.95 bits per heavy atom. The Morgan fingerprint density at radius 1 is 1.20 bits per heavy atom. The summed E-state index contributed by atoms with van der Waals surface area (Å²) in [5.41, 5.74) is 1.34. The van der Waals surface area contributed by atoms with Crippen LogP contribution in [0.25, 0.3) is 11.1 Å². The summed E-state index contributed by atoms with van der Waals surface area (Å²) in [6, 6.07) is 6.79. The SMILES string of the molecule is COc1cc(-c2ccc(OC)nc2NC(=O)O)ccn1. The van der Waals surface area contributed by atoms with Gasteiger partial charge in [-0.25, -0.2) is 9.78 Å². The summed E-state index contributed by atoms with van der Waals surface area (Å²) < 4.78 is 10.0. The van der Waals surface area contributed by atoms with E-state index in [1.165, 1.54) is 14.2 Å². The highest BCUT2D eigenvalue weighted by molar-refractivity contribution is 5.88. The zero-order chi connectivity index (χ0) is 14.5. The Labute approximate surface area is 115 Å². The Morgan fingerprint density at radius 3 is 2.60 bits per heavy atom. The summed E-state index contributed by atoms with van der Waals surface area (Å²) in [5.74, 6) is 0.934. The summed E-state index contributed by atoms with van der Waals surface area (Å²) in [6.07, 6.45) is 0.371.